The van der Waals surface area contributed by atoms with Crippen LogP contribution in [-0.4, -0.2) is 84.6 Å². The summed E-state index contributed by atoms with van der Waals surface area (Å²) in [6.45, 7) is 13.1. The van der Waals surface area contributed by atoms with Crippen LogP contribution >= 0.6 is 11.8 Å². The van der Waals surface area contributed by atoms with Gasteiger partial charge < -0.3 is 24.6 Å². The standard InChI is InChI=1S/C26H49NO4S.C17H34O2/c1-3-5-7-9-10-11-12-16-21-31-26(30)17-22-32-24-25(29)23-27(19-14-15-20-28)18-13-8-6-4-2;1-3-5-7-9-10-12-14-17(15-19-16-18)13-11-8-6-4-2/h25,28-29H,3-11,13-15,17-24H2,1-2H3;16-17H,3-15H2,1-2H3. The van der Waals surface area contributed by atoms with Crippen molar-refractivity contribution in [3.05, 3.63) is 0 Å². The summed E-state index contributed by atoms with van der Waals surface area (Å²) >= 11 is 1.60. The number of hydrogen-bond acceptors (Lipinski definition) is 8. The van der Waals surface area contributed by atoms with Gasteiger partial charge in [-0.05, 0) is 57.5 Å². The Morgan fingerprint density at radius 1 is 0.725 bits per heavy atom. The van der Waals surface area contributed by atoms with Gasteiger partial charge in [-0.1, -0.05) is 149 Å². The quantitative estimate of drug-likeness (QED) is 0.0281. The zero-order valence-electron chi connectivity index (χ0n) is 33.9. The molecule has 0 spiro atoms. The second-order valence-electron chi connectivity index (χ2n) is 14.2. The lowest BCUT2D eigenvalue weighted by Gasteiger charge is -2.25. The minimum absolute atomic E-state index is 0.182. The van der Waals surface area contributed by atoms with Crippen molar-refractivity contribution in [3.63, 3.8) is 0 Å². The molecule has 0 aromatic carbocycles. The molecule has 2 N–H and O–H groups in total. The first-order valence-electron chi connectivity index (χ1n) is 21.2. The van der Waals surface area contributed by atoms with E-state index in [0.29, 0.717) is 43.5 Å². The van der Waals surface area contributed by atoms with Crippen molar-refractivity contribution < 1.29 is 29.3 Å². The number of nitrogens with zero attached hydrogens (tertiary/aromatic N) is 1. The van der Waals surface area contributed by atoms with Crippen molar-refractivity contribution in [2.45, 2.75) is 194 Å². The first-order chi connectivity index (χ1) is 25.0. The highest BCUT2D eigenvalue weighted by atomic mass is 32.2. The Morgan fingerprint density at radius 2 is 1.25 bits per heavy atom. The predicted molar refractivity (Wildman–Crippen MR) is 219 cm³/mol. The molecule has 0 bridgehead atoms. The topological polar surface area (TPSA) is 96.3 Å². The molecule has 0 aliphatic rings. The average Bonchev–Trinajstić information content (AvgIpc) is 3.13. The SMILES string of the molecule is CCCCCCCC#CCOC(=O)CCSCC(O)CN(CCCCO)CCCCCC.CCCCCCCCC(CCCCCC)COC=O. The average molecular weight is 742 g/mol. The van der Waals surface area contributed by atoms with Crippen LogP contribution in [0.1, 0.15) is 188 Å². The van der Waals surface area contributed by atoms with E-state index in [1.54, 1.807) is 11.8 Å². The highest BCUT2D eigenvalue weighted by Gasteiger charge is 2.13. The zero-order chi connectivity index (χ0) is 37.9. The lowest BCUT2D eigenvalue weighted by Crippen LogP contribution is -2.35. The van der Waals surface area contributed by atoms with Gasteiger partial charge in [0.05, 0.1) is 19.1 Å². The van der Waals surface area contributed by atoms with Crippen molar-refractivity contribution in [2.75, 3.05) is 51.0 Å². The zero-order valence-corrected chi connectivity index (χ0v) is 34.8. The van der Waals surface area contributed by atoms with Crippen LogP contribution in [-0.2, 0) is 19.1 Å². The van der Waals surface area contributed by atoms with Gasteiger partial charge in [-0.3, -0.25) is 9.59 Å². The first kappa shape index (κ1) is 51.8. The van der Waals surface area contributed by atoms with Gasteiger partial charge in [0.1, 0.15) is 0 Å². The molecule has 8 heteroatoms. The van der Waals surface area contributed by atoms with Crippen LogP contribution in [0, 0.1) is 17.8 Å². The maximum atomic E-state index is 11.8. The van der Waals surface area contributed by atoms with Gasteiger partial charge in [0.2, 0.25) is 0 Å². The minimum atomic E-state index is -0.403. The smallest absolute Gasteiger partial charge is 0.307 e. The minimum Gasteiger partial charge on any atom is -0.468 e. The van der Waals surface area contributed by atoms with Crippen LogP contribution < -0.4 is 0 Å². The number of thioether (sulfide) groups is 1. The van der Waals surface area contributed by atoms with Gasteiger partial charge in [-0.2, -0.15) is 11.8 Å². The van der Waals surface area contributed by atoms with Crippen molar-refractivity contribution >= 4 is 24.2 Å². The van der Waals surface area contributed by atoms with Gasteiger partial charge in [0.25, 0.3) is 6.47 Å². The van der Waals surface area contributed by atoms with Crippen LogP contribution in [0.25, 0.3) is 0 Å². The Kier molecular flexibility index (Phi) is 45.6. The number of esters is 1. The van der Waals surface area contributed by atoms with Crippen molar-refractivity contribution in [3.8, 4) is 11.8 Å². The molecule has 0 saturated heterocycles. The van der Waals surface area contributed by atoms with Gasteiger partial charge in [0.15, 0.2) is 6.61 Å². The van der Waals surface area contributed by atoms with E-state index in [4.69, 9.17) is 14.6 Å². The third-order valence-corrected chi connectivity index (χ3v) is 10.2. The molecule has 0 rings (SSSR count). The second-order valence-corrected chi connectivity index (χ2v) is 15.3. The van der Waals surface area contributed by atoms with E-state index in [-0.39, 0.29) is 19.2 Å². The molecule has 2 atom stereocenters. The molecular formula is C43H83NO6S. The van der Waals surface area contributed by atoms with Crippen molar-refractivity contribution in [1.29, 1.82) is 0 Å². The number of aliphatic hydroxyl groups excluding tert-OH is 2. The van der Waals surface area contributed by atoms with Gasteiger partial charge in [-0.15, -0.1) is 0 Å². The summed E-state index contributed by atoms with van der Waals surface area (Å²) in [7, 11) is 0. The Labute approximate surface area is 320 Å². The molecule has 0 aromatic heterocycles. The summed E-state index contributed by atoms with van der Waals surface area (Å²) in [6, 6.07) is 0. The lowest BCUT2D eigenvalue weighted by molar-refractivity contribution is -0.141. The van der Waals surface area contributed by atoms with Gasteiger partial charge in [-0.25, -0.2) is 0 Å². The summed E-state index contributed by atoms with van der Waals surface area (Å²) in [5.74, 6) is 7.65. The van der Waals surface area contributed by atoms with Crippen LogP contribution in [0.5, 0.6) is 0 Å². The van der Waals surface area contributed by atoms with E-state index in [1.165, 1.54) is 122 Å². The van der Waals surface area contributed by atoms with Gasteiger partial charge in [0, 0.05) is 31.1 Å². The van der Waals surface area contributed by atoms with Crippen molar-refractivity contribution in [2.24, 2.45) is 5.92 Å². The van der Waals surface area contributed by atoms with E-state index in [1.807, 2.05) is 0 Å². The number of carbonyl (C=O) groups is 2. The molecule has 302 valence electrons. The van der Waals surface area contributed by atoms with E-state index < -0.39 is 6.10 Å². The summed E-state index contributed by atoms with van der Waals surface area (Å²) < 4.78 is 10.1. The van der Waals surface area contributed by atoms with Crippen LogP contribution in [0.3, 0.4) is 0 Å². The first-order valence-corrected chi connectivity index (χ1v) is 22.4. The molecular weight excluding hydrogens is 659 g/mol. The molecule has 0 amide bonds. The fourth-order valence-corrected chi connectivity index (χ4v) is 6.79. The van der Waals surface area contributed by atoms with Crippen LogP contribution in [0.2, 0.25) is 0 Å². The highest BCUT2D eigenvalue weighted by molar-refractivity contribution is 7.99. The number of ether oxygens (including phenoxy) is 2. The van der Waals surface area contributed by atoms with E-state index in [2.05, 4.69) is 44.4 Å². The number of unbranched alkanes of at least 4 members (excludes halogenated alkanes) is 17. The molecule has 0 fully saturated rings. The fraction of sp³-hybridized carbons (Fsp3) is 0.907. The maximum absolute atomic E-state index is 11.8. The summed E-state index contributed by atoms with van der Waals surface area (Å²) in [6.07, 6.45) is 29.4. The Bertz CT molecular complexity index is 773. The summed E-state index contributed by atoms with van der Waals surface area (Å²) in [5.41, 5.74) is 0. The molecule has 0 radical (unpaired) electrons. The number of hydrogen-bond donors (Lipinski definition) is 2. The van der Waals surface area contributed by atoms with Gasteiger partial charge >= 0.3 is 5.97 Å². The Balaban J connectivity index is 0. The van der Waals surface area contributed by atoms with Crippen molar-refractivity contribution in [1.82, 2.24) is 4.90 Å². The van der Waals surface area contributed by atoms with E-state index >= 15 is 0 Å². The molecule has 7 nitrogen and oxygen atoms in total. The summed E-state index contributed by atoms with van der Waals surface area (Å²) in [4.78, 5) is 24.4. The number of carbonyl (C=O) groups excluding carboxylic acids is 2. The fourth-order valence-electron chi connectivity index (χ4n) is 5.93. The van der Waals surface area contributed by atoms with Crippen LogP contribution in [0.4, 0.5) is 0 Å². The Hall–Kier alpha value is -1.27. The predicted octanol–water partition coefficient (Wildman–Crippen LogP) is 10.5. The maximum Gasteiger partial charge on any atom is 0.307 e. The van der Waals surface area contributed by atoms with E-state index in [0.717, 1.165) is 45.2 Å². The monoisotopic (exact) mass is 742 g/mol. The largest absolute Gasteiger partial charge is 0.468 e. The number of rotatable bonds is 37. The Morgan fingerprint density at radius 3 is 1.84 bits per heavy atom. The molecule has 0 aromatic rings. The number of aliphatic hydroxyl groups is 2. The summed E-state index contributed by atoms with van der Waals surface area (Å²) in [5, 5.41) is 19.4. The molecule has 0 saturated carbocycles. The van der Waals surface area contributed by atoms with Crippen LogP contribution in [0.15, 0.2) is 0 Å². The molecule has 0 heterocycles. The normalized spacial score (nSPS) is 12.1. The molecule has 51 heavy (non-hydrogen) atoms. The lowest BCUT2D eigenvalue weighted by atomic mass is 9.95. The molecule has 2 unspecified atom stereocenters. The second kappa shape index (κ2) is 44.9. The molecule has 0 aliphatic carbocycles. The third kappa shape index (κ3) is 43.0. The van der Waals surface area contributed by atoms with E-state index in [9.17, 15) is 14.7 Å². The third-order valence-electron chi connectivity index (χ3n) is 9.11. The highest BCUT2D eigenvalue weighted by Crippen LogP contribution is 2.19. The molecule has 0 aliphatic heterocycles.